The maximum atomic E-state index is 13.8. The number of benzene rings is 2. The summed E-state index contributed by atoms with van der Waals surface area (Å²) in [5.74, 6) is -0.0305. The summed E-state index contributed by atoms with van der Waals surface area (Å²) in [6, 6.07) is 6.98. The highest BCUT2D eigenvalue weighted by atomic mass is 32.2. The molecule has 0 bridgehead atoms. The summed E-state index contributed by atoms with van der Waals surface area (Å²) in [5, 5.41) is 6.21. The van der Waals surface area contributed by atoms with Crippen molar-refractivity contribution in [1.29, 1.82) is 0 Å². The summed E-state index contributed by atoms with van der Waals surface area (Å²) in [6.07, 6.45) is 3.67. The average Bonchev–Trinajstić information content (AvgIpc) is 3.11. The predicted molar refractivity (Wildman–Crippen MR) is 198 cm³/mol. The topological polar surface area (TPSA) is 132 Å². The fourth-order valence-electron chi connectivity index (χ4n) is 6.85. The van der Waals surface area contributed by atoms with Crippen LogP contribution in [-0.4, -0.2) is 110 Å². The standard InChI is InChI=1S/C35H45F3N10O3S/c1-6-23-20-28(30(51-35(36,37)38)21-29(23)48-14-10-25(11-15-48)47-18-16-45(3)17-19-47)43-34-41-22-24(7-2)33(44-34)42-27-9-8-26-31(40-13-12-39-26)32(27)46(4)52(5,49)50/h8-9,12-13,20-22,25H,6-7,10-11,14-19H2,1-5H3,(H2,41,42,43,44). The van der Waals surface area contributed by atoms with Gasteiger partial charge in [0.1, 0.15) is 17.0 Å². The predicted octanol–water partition coefficient (Wildman–Crippen LogP) is 5.54. The second-order valence-corrected chi connectivity index (χ2v) is 15.2. The van der Waals surface area contributed by atoms with Crippen molar-refractivity contribution in [2.45, 2.75) is 51.9 Å². The molecule has 0 radical (unpaired) electrons. The van der Waals surface area contributed by atoms with Gasteiger partial charge in [-0.1, -0.05) is 13.8 Å². The van der Waals surface area contributed by atoms with E-state index in [1.807, 2.05) is 13.8 Å². The quantitative estimate of drug-likeness (QED) is 0.200. The lowest BCUT2D eigenvalue weighted by atomic mass is 9.99. The zero-order chi connectivity index (χ0) is 37.2. The maximum absolute atomic E-state index is 13.8. The summed E-state index contributed by atoms with van der Waals surface area (Å²) in [7, 11) is -0.153. The molecule has 0 spiro atoms. The van der Waals surface area contributed by atoms with E-state index in [2.05, 4.69) is 57.1 Å². The molecule has 280 valence electrons. The number of aromatic nitrogens is 4. The molecule has 4 aromatic rings. The number of nitrogens with one attached hydrogen (secondary N) is 2. The zero-order valence-electron chi connectivity index (χ0n) is 30.0. The van der Waals surface area contributed by atoms with Crippen LogP contribution in [0.2, 0.25) is 0 Å². The van der Waals surface area contributed by atoms with E-state index in [-0.39, 0.29) is 23.1 Å². The van der Waals surface area contributed by atoms with Gasteiger partial charge in [0, 0.05) is 88.3 Å². The molecule has 0 aliphatic carbocycles. The SMILES string of the molecule is CCc1cc(Nc2ncc(CC)c(Nc3ccc4nccnc4c3N(C)S(C)(=O)=O)n2)c(OC(F)(F)F)cc1N1CCC(N2CCN(C)CC2)CC1. The van der Waals surface area contributed by atoms with Crippen LogP contribution in [0.15, 0.2) is 42.9 Å². The smallest absolute Gasteiger partial charge is 0.403 e. The van der Waals surface area contributed by atoms with E-state index in [0.29, 0.717) is 47.0 Å². The fraction of sp³-hybridized carbons (Fsp3) is 0.486. The third-order valence-corrected chi connectivity index (χ3v) is 11.0. The number of ether oxygens (including phenoxy) is 1. The van der Waals surface area contributed by atoms with Crippen LogP contribution >= 0.6 is 0 Å². The first-order valence-corrected chi connectivity index (χ1v) is 19.3. The van der Waals surface area contributed by atoms with Gasteiger partial charge in [0.25, 0.3) is 0 Å². The monoisotopic (exact) mass is 742 g/mol. The van der Waals surface area contributed by atoms with E-state index in [1.54, 1.807) is 24.4 Å². The Balaban J connectivity index is 1.31. The number of hydrogen-bond donors (Lipinski definition) is 2. The highest BCUT2D eigenvalue weighted by Crippen LogP contribution is 2.40. The number of aryl methyl sites for hydroxylation is 2. The molecule has 2 aromatic carbocycles. The summed E-state index contributed by atoms with van der Waals surface area (Å²) in [4.78, 5) is 24.8. The van der Waals surface area contributed by atoms with Crippen molar-refractivity contribution in [3.05, 3.63) is 54.0 Å². The highest BCUT2D eigenvalue weighted by Gasteiger charge is 2.34. The normalized spacial score (nSPS) is 16.7. The Morgan fingerprint density at radius 2 is 1.62 bits per heavy atom. The number of sulfonamides is 1. The van der Waals surface area contributed by atoms with Crippen LogP contribution in [0.25, 0.3) is 11.0 Å². The number of rotatable bonds is 11. The molecular formula is C35H45F3N10O3S. The summed E-state index contributed by atoms with van der Waals surface area (Å²) < 4.78 is 72.6. The maximum Gasteiger partial charge on any atom is 0.573 e. The van der Waals surface area contributed by atoms with E-state index in [0.717, 1.165) is 73.9 Å². The van der Waals surface area contributed by atoms with Gasteiger partial charge in [-0.05, 0) is 56.5 Å². The second kappa shape index (κ2) is 15.2. The minimum Gasteiger partial charge on any atom is -0.403 e. The molecule has 17 heteroatoms. The van der Waals surface area contributed by atoms with E-state index >= 15 is 0 Å². The molecule has 0 unspecified atom stereocenters. The van der Waals surface area contributed by atoms with Crippen molar-refractivity contribution in [2.75, 3.05) is 79.5 Å². The highest BCUT2D eigenvalue weighted by molar-refractivity contribution is 7.92. The molecule has 2 aliphatic heterocycles. The molecule has 0 atom stereocenters. The molecule has 13 nitrogen and oxygen atoms in total. The van der Waals surface area contributed by atoms with Crippen LogP contribution < -0.4 is 24.6 Å². The number of halogens is 3. The molecule has 0 amide bonds. The van der Waals surface area contributed by atoms with Crippen LogP contribution in [0.4, 0.5) is 47.7 Å². The fourth-order valence-corrected chi connectivity index (χ4v) is 7.36. The van der Waals surface area contributed by atoms with Gasteiger partial charge in [-0.3, -0.25) is 19.2 Å². The van der Waals surface area contributed by atoms with Crippen molar-refractivity contribution >= 4 is 55.6 Å². The summed E-state index contributed by atoms with van der Waals surface area (Å²) >= 11 is 0. The Kier molecular flexibility index (Phi) is 10.9. The van der Waals surface area contributed by atoms with Gasteiger partial charge >= 0.3 is 6.36 Å². The first-order valence-electron chi connectivity index (χ1n) is 17.4. The van der Waals surface area contributed by atoms with Crippen molar-refractivity contribution in [3.8, 4) is 5.75 Å². The Bertz CT molecular complexity index is 2000. The van der Waals surface area contributed by atoms with Crippen LogP contribution in [0, 0.1) is 0 Å². The molecule has 4 heterocycles. The lowest BCUT2D eigenvalue weighted by Crippen LogP contribution is -2.52. The van der Waals surface area contributed by atoms with Gasteiger partial charge in [-0.25, -0.2) is 13.4 Å². The molecule has 2 aliphatic rings. The minimum absolute atomic E-state index is 0.0214. The first kappa shape index (κ1) is 37.3. The molecule has 0 saturated carbocycles. The van der Waals surface area contributed by atoms with Crippen LogP contribution in [0.3, 0.4) is 0 Å². The van der Waals surface area contributed by atoms with E-state index in [4.69, 9.17) is 0 Å². The number of alkyl halides is 3. The van der Waals surface area contributed by atoms with Gasteiger partial charge in [-0.15, -0.1) is 13.2 Å². The average molecular weight is 743 g/mol. The van der Waals surface area contributed by atoms with Gasteiger partial charge in [0.15, 0.2) is 5.75 Å². The number of piperidine rings is 1. The Morgan fingerprint density at radius 3 is 2.27 bits per heavy atom. The summed E-state index contributed by atoms with van der Waals surface area (Å²) in [5.41, 5.74) is 3.84. The summed E-state index contributed by atoms with van der Waals surface area (Å²) in [6.45, 7) is 9.47. The number of anilines is 6. The van der Waals surface area contributed by atoms with Crippen molar-refractivity contribution in [2.24, 2.45) is 0 Å². The minimum atomic E-state index is -4.93. The Morgan fingerprint density at radius 1 is 0.923 bits per heavy atom. The van der Waals surface area contributed by atoms with Crippen molar-refractivity contribution in [3.63, 3.8) is 0 Å². The second-order valence-electron chi connectivity index (χ2n) is 13.2. The number of fused-ring (bicyclic) bond motifs is 1. The zero-order valence-corrected chi connectivity index (χ0v) is 30.9. The van der Waals surface area contributed by atoms with Crippen molar-refractivity contribution in [1.82, 2.24) is 29.7 Å². The molecule has 2 N–H and O–H groups in total. The third-order valence-electron chi connectivity index (χ3n) is 9.82. The molecule has 52 heavy (non-hydrogen) atoms. The van der Waals surface area contributed by atoms with Gasteiger partial charge < -0.3 is 25.2 Å². The van der Waals surface area contributed by atoms with Crippen LogP contribution in [-0.2, 0) is 22.9 Å². The van der Waals surface area contributed by atoms with E-state index in [9.17, 15) is 21.6 Å². The van der Waals surface area contributed by atoms with E-state index in [1.165, 1.54) is 25.5 Å². The van der Waals surface area contributed by atoms with Crippen molar-refractivity contribution < 1.29 is 26.3 Å². The number of hydrogen-bond acceptors (Lipinski definition) is 12. The lowest BCUT2D eigenvalue weighted by molar-refractivity contribution is -0.274. The third kappa shape index (κ3) is 8.42. The molecule has 2 aromatic heterocycles. The largest absolute Gasteiger partial charge is 0.573 e. The number of nitrogens with zero attached hydrogens (tertiary/aromatic N) is 8. The van der Waals surface area contributed by atoms with Gasteiger partial charge in [-0.2, -0.15) is 4.98 Å². The lowest BCUT2D eigenvalue weighted by Gasteiger charge is -2.43. The first-order chi connectivity index (χ1) is 24.7. The molecule has 6 rings (SSSR count). The van der Waals surface area contributed by atoms with Gasteiger partial charge in [0.2, 0.25) is 16.0 Å². The molecular weight excluding hydrogens is 698 g/mol. The Labute approximate surface area is 302 Å². The Hall–Kier alpha value is -4.48. The molecule has 2 saturated heterocycles. The van der Waals surface area contributed by atoms with Crippen LogP contribution in [0.1, 0.15) is 37.8 Å². The van der Waals surface area contributed by atoms with Crippen LogP contribution in [0.5, 0.6) is 5.75 Å². The number of piperazine rings is 1. The van der Waals surface area contributed by atoms with Gasteiger partial charge in [0.05, 0.1) is 23.1 Å². The molecule has 2 fully saturated rings. The van der Waals surface area contributed by atoms with E-state index < -0.39 is 16.4 Å². The number of likely N-dealkylation sites (N-methyl/N-ethyl adjacent to an activating group) is 1.